The molecular weight excluding hydrogens is 271 g/mol. The third-order valence-corrected chi connectivity index (χ3v) is 2.48. The molecule has 7 nitrogen and oxygen atoms in total. The number of nitrogens with one attached hydrogen (secondary N) is 1. The standard InChI is InChI=1S/C12H15FN2O5/c13-8-1-2-10(9(7-8)11(18)19)14-12(20)15(3-5-16)4-6-17/h1-2,7,16-17H,3-6H2,(H,14,20)(H,18,19). The lowest BCUT2D eigenvalue weighted by Gasteiger charge is -2.21. The van der Waals surface area contributed by atoms with Crippen molar-refractivity contribution in [3.05, 3.63) is 29.6 Å². The van der Waals surface area contributed by atoms with Crippen molar-refractivity contribution in [2.45, 2.75) is 0 Å². The monoisotopic (exact) mass is 286 g/mol. The molecule has 0 radical (unpaired) electrons. The summed E-state index contributed by atoms with van der Waals surface area (Å²) in [5, 5.41) is 28.9. The molecule has 0 saturated carbocycles. The van der Waals surface area contributed by atoms with Crippen LogP contribution in [0.5, 0.6) is 0 Å². The summed E-state index contributed by atoms with van der Waals surface area (Å²) in [6, 6.07) is 2.25. The number of amides is 2. The number of carbonyl (C=O) groups is 2. The van der Waals surface area contributed by atoms with Gasteiger partial charge in [0.05, 0.1) is 24.5 Å². The van der Waals surface area contributed by atoms with E-state index in [1.807, 2.05) is 0 Å². The summed E-state index contributed by atoms with van der Waals surface area (Å²) in [4.78, 5) is 23.9. The van der Waals surface area contributed by atoms with Gasteiger partial charge >= 0.3 is 12.0 Å². The molecule has 0 saturated heterocycles. The number of aliphatic hydroxyl groups excluding tert-OH is 2. The van der Waals surface area contributed by atoms with Crippen molar-refractivity contribution in [3.63, 3.8) is 0 Å². The normalized spacial score (nSPS) is 10.2. The highest BCUT2D eigenvalue weighted by Gasteiger charge is 2.17. The van der Waals surface area contributed by atoms with E-state index in [1.165, 1.54) is 0 Å². The summed E-state index contributed by atoms with van der Waals surface area (Å²) in [7, 11) is 0. The molecule has 0 aliphatic heterocycles. The Balaban J connectivity index is 2.91. The number of halogens is 1. The van der Waals surface area contributed by atoms with Crippen LogP contribution in [0.15, 0.2) is 18.2 Å². The van der Waals surface area contributed by atoms with Crippen molar-refractivity contribution < 1.29 is 29.3 Å². The minimum atomic E-state index is -1.38. The van der Waals surface area contributed by atoms with Gasteiger partial charge in [-0.25, -0.2) is 14.0 Å². The van der Waals surface area contributed by atoms with Crippen LogP contribution in [0.2, 0.25) is 0 Å². The van der Waals surface area contributed by atoms with Crippen molar-refractivity contribution >= 4 is 17.7 Å². The molecule has 1 rings (SSSR count). The molecule has 0 fully saturated rings. The van der Waals surface area contributed by atoms with E-state index in [0.29, 0.717) is 0 Å². The largest absolute Gasteiger partial charge is 0.478 e. The quantitative estimate of drug-likeness (QED) is 0.603. The van der Waals surface area contributed by atoms with Gasteiger partial charge in [0.25, 0.3) is 0 Å². The molecule has 0 bridgehead atoms. The van der Waals surface area contributed by atoms with Crippen LogP contribution in [0, 0.1) is 5.82 Å². The summed E-state index contributed by atoms with van der Waals surface area (Å²) < 4.78 is 13.0. The van der Waals surface area contributed by atoms with E-state index in [4.69, 9.17) is 15.3 Å². The number of urea groups is 1. The fraction of sp³-hybridized carbons (Fsp3) is 0.333. The van der Waals surface area contributed by atoms with Crippen molar-refractivity contribution in [2.75, 3.05) is 31.6 Å². The SMILES string of the molecule is O=C(O)c1cc(F)ccc1NC(=O)N(CCO)CCO. The molecule has 0 unspecified atom stereocenters. The minimum absolute atomic E-state index is 0.0179. The Hall–Kier alpha value is -2.19. The van der Waals surface area contributed by atoms with Gasteiger partial charge in [-0.3, -0.25) is 0 Å². The molecule has 0 heterocycles. The average Bonchev–Trinajstić information content (AvgIpc) is 2.40. The summed E-state index contributed by atoms with van der Waals surface area (Å²) in [5.41, 5.74) is -0.448. The molecule has 0 spiro atoms. The number of carboxylic acids is 1. The van der Waals surface area contributed by atoms with Gasteiger partial charge in [0.15, 0.2) is 0 Å². The molecule has 0 aromatic heterocycles. The van der Waals surface area contributed by atoms with Crippen LogP contribution < -0.4 is 5.32 Å². The van der Waals surface area contributed by atoms with Crippen LogP contribution in [0.3, 0.4) is 0 Å². The molecular formula is C12H15FN2O5. The van der Waals surface area contributed by atoms with Gasteiger partial charge < -0.3 is 25.5 Å². The van der Waals surface area contributed by atoms with E-state index in [-0.39, 0.29) is 37.6 Å². The third kappa shape index (κ3) is 4.18. The maximum atomic E-state index is 13.0. The predicted molar refractivity (Wildman–Crippen MR) is 68.1 cm³/mol. The van der Waals surface area contributed by atoms with Crippen molar-refractivity contribution in [3.8, 4) is 0 Å². The zero-order valence-corrected chi connectivity index (χ0v) is 10.5. The Morgan fingerprint density at radius 3 is 2.30 bits per heavy atom. The molecule has 8 heteroatoms. The van der Waals surface area contributed by atoms with E-state index in [1.54, 1.807) is 0 Å². The lowest BCUT2D eigenvalue weighted by atomic mass is 10.1. The van der Waals surface area contributed by atoms with Crippen LogP contribution in [0.1, 0.15) is 10.4 Å². The molecule has 4 N–H and O–H groups in total. The molecule has 20 heavy (non-hydrogen) atoms. The van der Waals surface area contributed by atoms with E-state index < -0.39 is 17.8 Å². The third-order valence-electron chi connectivity index (χ3n) is 2.48. The molecule has 1 aromatic rings. The lowest BCUT2D eigenvalue weighted by Crippen LogP contribution is -2.39. The number of anilines is 1. The number of benzene rings is 1. The van der Waals surface area contributed by atoms with Gasteiger partial charge in [-0.1, -0.05) is 0 Å². The number of aliphatic hydroxyl groups is 2. The number of hydrogen-bond donors (Lipinski definition) is 4. The number of nitrogens with zero attached hydrogens (tertiary/aromatic N) is 1. The smallest absolute Gasteiger partial charge is 0.337 e. The maximum Gasteiger partial charge on any atom is 0.337 e. The van der Waals surface area contributed by atoms with E-state index in [9.17, 15) is 14.0 Å². The maximum absolute atomic E-state index is 13.0. The first-order chi connectivity index (χ1) is 9.49. The second-order valence-electron chi connectivity index (χ2n) is 3.86. The number of aromatic carboxylic acids is 1. The van der Waals surface area contributed by atoms with E-state index in [0.717, 1.165) is 23.1 Å². The van der Waals surface area contributed by atoms with Gasteiger partial charge in [0, 0.05) is 13.1 Å². The summed E-state index contributed by atoms with van der Waals surface area (Å²) >= 11 is 0. The molecule has 2 amide bonds. The van der Waals surface area contributed by atoms with Gasteiger partial charge in [-0.05, 0) is 18.2 Å². The molecule has 110 valence electrons. The topological polar surface area (TPSA) is 110 Å². The highest BCUT2D eigenvalue weighted by atomic mass is 19.1. The number of hydrogen-bond acceptors (Lipinski definition) is 4. The van der Waals surface area contributed by atoms with Gasteiger partial charge in [-0.2, -0.15) is 0 Å². The van der Waals surface area contributed by atoms with Crippen molar-refractivity contribution in [1.29, 1.82) is 0 Å². The highest BCUT2D eigenvalue weighted by molar-refractivity contribution is 6.00. The van der Waals surface area contributed by atoms with Crippen LogP contribution in [-0.2, 0) is 0 Å². The van der Waals surface area contributed by atoms with Crippen molar-refractivity contribution in [1.82, 2.24) is 4.90 Å². The second-order valence-corrected chi connectivity index (χ2v) is 3.86. The Morgan fingerprint density at radius 2 is 1.80 bits per heavy atom. The van der Waals surface area contributed by atoms with E-state index in [2.05, 4.69) is 5.32 Å². The first-order valence-electron chi connectivity index (χ1n) is 5.80. The fourth-order valence-corrected chi connectivity index (χ4v) is 1.55. The van der Waals surface area contributed by atoms with Crippen LogP contribution in [0.4, 0.5) is 14.9 Å². The molecule has 1 aromatic carbocycles. The molecule has 0 aliphatic carbocycles. The second kappa shape index (κ2) is 7.41. The predicted octanol–water partition coefficient (Wildman–Crippen LogP) is 0.342. The Bertz CT molecular complexity index is 489. The zero-order chi connectivity index (χ0) is 15.1. The first kappa shape index (κ1) is 15.9. The first-order valence-corrected chi connectivity index (χ1v) is 5.80. The Kier molecular flexibility index (Phi) is 5.88. The number of carbonyl (C=O) groups excluding carboxylic acids is 1. The Morgan fingerprint density at radius 1 is 1.20 bits per heavy atom. The lowest BCUT2D eigenvalue weighted by molar-refractivity contribution is 0.0697. The fourth-order valence-electron chi connectivity index (χ4n) is 1.55. The summed E-state index contributed by atoms with van der Waals surface area (Å²) in [6.45, 7) is -0.642. The molecule has 0 aliphatic rings. The van der Waals surface area contributed by atoms with Crippen LogP contribution >= 0.6 is 0 Å². The summed E-state index contributed by atoms with van der Waals surface area (Å²) in [5.74, 6) is -2.11. The molecule has 0 atom stereocenters. The average molecular weight is 286 g/mol. The van der Waals surface area contributed by atoms with E-state index >= 15 is 0 Å². The Labute approximate surface area is 114 Å². The minimum Gasteiger partial charge on any atom is -0.478 e. The van der Waals surface area contributed by atoms with Crippen molar-refractivity contribution in [2.24, 2.45) is 0 Å². The van der Waals surface area contributed by atoms with Gasteiger partial charge in [-0.15, -0.1) is 0 Å². The van der Waals surface area contributed by atoms with Crippen LogP contribution in [0.25, 0.3) is 0 Å². The van der Waals surface area contributed by atoms with Gasteiger partial charge in [0.2, 0.25) is 0 Å². The zero-order valence-electron chi connectivity index (χ0n) is 10.5. The summed E-state index contributed by atoms with van der Waals surface area (Å²) in [6.07, 6.45) is 0. The highest BCUT2D eigenvalue weighted by Crippen LogP contribution is 2.17. The number of rotatable bonds is 6. The number of carboxylic acid groups (broad SMARTS) is 1. The van der Waals surface area contributed by atoms with Gasteiger partial charge in [0.1, 0.15) is 5.82 Å². The van der Waals surface area contributed by atoms with Crippen LogP contribution in [-0.4, -0.2) is 58.5 Å².